The molecule has 3 rings (SSSR count). The lowest BCUT2D eigenvalue weighted by molar-refractivity contribution is 0.0692. The Kier molecular flexibility index (Phi) is 3.50. The summed E-state index contributed by atoms with van der Waals surface area (Å²) in [6.07, 6.45) is 5.35. The van der Waals surface area contributed by atoms with Gasteiger partial charge >= 0.3 is 5.97 Å². The number of halogens is 1. The first-order chi connectivity index (χ1) is 10.1. The van der Waals surface area contributed by atoms with Gasteiger partial charge in [0.2, 0.25) is 0 Å². The van der Waals surface area contributed by atoms with E-state index in [1.54, 1.807) is 12.1 Å². The zero-order chi connectivity index (χ0) is 15.0. The molecule has 0 aliphatic heterocycles. The van der Waals surface area contributed by atoms with Gasteiger partial charge in [0.1, 0.15) is 5.69 Å². The lowest BCUT2D eigenvalue weighted by atomic mass is 10.2. The van der Waals surface area contributed by atoms with Gasteiger partial charge in [-0.1, -0.05) is 0 Å². The van der Waals surface area contributed by atoms with E-state index in [0.29, 0.717) is 11.7 Å². The predicted molar refractivity (Wildman–Crippen MR) is 79.6 cm³/mol. The Balaban J connectivity index is 1.89. The Morgan fingerprint density at radius 3 is 2.86 bits per heavy atom. The number of hydrogen-bond acceptors (Lipinski definition) is 3. The van der Waals surface area contributed by atoms with Crippen LogP contribution in [0.5, 0.6) is 0 Å². The molecule has 1 amide bonds. The summed E-state index contributed by atoms with van der Waals surface area (Å²) < 4.78 is 2.74. The quantitative estimate of drug-likeness (QED) is 0.888. The second-order valence-corrected chi connectivity index (χ2v) is 5.76. The lowest BCUT2D eigenvalue weighted by Gasteiger charge is -2.09. The molecule has 1 aliphatic carbocycles. The number of anilines is 1. The van der Waals surface area contributed by atoms with Crippen molar-refractivity contribution in [1.82, 2.24) is 9.55 Å². The number of carbonyl (C=O) groups is 2. The molecule has 1 fully saturated rings. The largest absolute Gasteiger partial charge is 0.476 e. The van der Waals surface area contributed by atoms with Crippen LogP contribution in [0.4, 0.5) is 5.69 Å². The molecular weight excluding hydrogens is 338 g/mol. The van der Waals surface area contributed by atoms with Crippen LogP contribution in [-0.4, -0.2) is 26.5 Å². The third-order valence-electron chi connectivity index (χ3n) is 3.25. The Bertz CT molecular complexity index is 722. The van der Waals surface area contributed by atoms with E-state index in [1.165, 1.54) is 12.3 Å². The van der Waals surface area contributed by atoms with Gasteiger partial charge < -0.3 is 15.0 Å². The molecular formula is C14H12BrN3O3. The average Bonchev–Trinajstić information content (AvgIpc) is 3.21. The molecule has 2 N–H and O–H groups in total. The summed E-state index contributed by atoms with van der Waals surface area (Å²) in [5.41, 5.74) is 0.522. The molecule has 21 heavy (non-hydrogen) atoms. The van der Waals surface area contributed by atoms with Crippen LogP contribution in [-0.2, 0) is 0 Å². The standard InChI is InChI=1S/C14H12BrN3O3/c15-8-6-11(18(7-8)9-3-4-9)13(19)17-10-2-1-5-16-12(10)14(20)21/h1-2,5-7,9H,3-4H2,(H,17,19)(H,20,21). The van der Waals surface area contributed by atoms with Crippen molar-refractivity contribution >= 4 is 33.5 Å². The Morgan fingerprint density at radius 2 is 2.19 bits per heavy atom. The van der Waals surface area contributed by atoms with E-state index in [-0.39, 0.29) is 17.3 Å². The molecule has 0 unspecified atom stereocenters. The third kappa shape index (κ3) is 2.82. The smallest absolute Gasteiger partial charge is 0.356 e. The molecule has 108 valence electrons. The van der Waals surface area contributed by atoms with E-state index in [0.717, 1.165) is 17.3 Å². The summed E-state index contributed by atoms with van der Waals surface area (Å²) in [7, 11) is 0. The zero-order valence-corrected chi connectivity index (χ0v) is 12.5. The maximum Gasteiger partial charge on any atom is 0.356 e. The van der Waals surface area contributed by atoms with Gasteiger partial charge in [-0.3, -0.25) is 4.79 Å². The topological polar surface area (TPSA) is 84.2 Å². The summed E-state index contributed by atoms with van der Waals surface area (Å²) in [5, 5.41) is 11.7. The fraction of sp³-hybridized carbons (Fsp3) is 0.214. The second-order valence-electron chi connectivity index (χ2n) is 4.84. The van der Waals surface area contributed by atoms with E-state index in [1.807, 2.05) is 10.8 Å². The summed E-state index contributed by atoms with van der Waals surface area (Å²) in [5.74, 6) is -1.52. The first kappa shape index (κ1) is 13.8. The van der Waals surface area contributed by atoms with Crippen molar-refractivity contribution in [2.75, 3.05) is 5.32 Å². The summed E-state index contributed by atoms with van der Waals surface area (Å²) >= 11 is 3.36. The number of carbonyl (C=O) groups excluding carboxylic acids is 1. The third-order valence-corrected chi connectivity index (χ3v) is 3.68. The average molecular weight is 350 g/mol. The number of aromatic nitrogens is 2. The van der Waals surface area contributed by atoms with E-state index in [2.05, 4.69) is 26.2 Å². The van der Waals surface area contributed by atoms with Crippen molar-refractivity contribution in [3.05, 3.63) is 46.5 Å². The summed E-state index contributed by atoms with van der Waals surface area (Å²) in [4.78, 5) is 27.3. The molecule has 0 saturated heterocycles. The van der Waals surface area contributed by atoms with Crippen LogP contribution in [0, 0.1) is 0 Å². The van der Waals surface area contributed by atoms with E-state index in [9.17, 15) is 9.59 Å². The SMILES string of the molecule is O=C(O)c1ncccc1NC(=O)c1cc(Br)cn1C1CC1. The number of carboxylic acids is 1. The van der Waals surface area contributed by atoms with Gasteiger partial charge in [0.05, 0.1) is 5.69 Å². The highest BCUT2D eigenvalue weighted by atomic mass is 79.9. The number of pyridine rings is 1. The molecule has 7 heteroatoms. The predicted octanol–water partition coefficient (Wildman–Crippen LogP) is 2.93. The van der Waals surface area contributed by atoms with Crippen LogP contribution in [0.2, 0.25) is 0 Å². The van der Waals surface area contributed by atoms with Gasteiger partial charge in [0.25, 0.3) is 5.91 Å². The molecule has 0 spiro atoms. The van der Waals surface area contributed by atoms with Crippen LogP contribution in [0.25, 0.3) is 0 Å². The van der Waals surface area contributed by atoms with E-state index >= 15 is 0 Å². The van der Waals surface area contributed by atoms with Crippen LogP contribution in [0.1, 0.15) is 39.9 Å². The summed E-state index contributed by atoms with van der Waals surface area (Å²) in [6.45, 7) is 0. The maximum absolute atomic E-state index is 12.4. The minimum absolute atomic E-state index is 0.172. The highest BCUT2D eigenvalue weighted by Gasteiger charge is 2.28. The minimum Gasteiger partial charge on any atom is -0.476 e. The monoisotopic (exact) mass is 349 g/mol. The highest BCUT2D eigenvalue weighted by molar-refractivity contribution is 9.10. The Morgan fingerprint density at radius 1 is 1.43 bits per heavy atom. The number of hydrogen-bond donors (Lipinski definition) is 2. The molecule has 1 aliphatic rings. The molecule has 1 saturated carbocycles. The number of aromatic carboxylic acids is 1. The number of nitrogens with one attached hydrogen (secondary N) is 1. The first-order valence-corrected chi connectivity index (χ1v) is 7.22. The van der Waals surface area contributed by atoms with Crippen molar-refractivity contribution in [2.24, 2.45) is 0 Å². The normalized spacial score (nSPS) is 14.0. The first-order valence-electron chi connectivity index (χ1n) is 6.43. The number of carboxylic acid groups (broad SMARTS) is 1. The van der Waals surface area contributed by atoms with Crippen molar-refractivity contribution in [2.45, 2.75) is 18.9 Å². The van der Waals surface area contributed by atoms with Crippen LogP contribution >= 0.6 is 15.9 Å². The van der Waals surface area contributed by atoms with Crippen molar-refractivity contribution in [3.8, 4) is 0 Å². The molecule has 2 aromatic heterocycles. The fourth-order valence-electron chi connectivity index (χ4n) is 2.15. The zero-order valence-electron chi connectivity index (χ0n) is 10.9. The van der Waals surface area contributed by atoms with Crippen LogP contribution in [0.3, 0.4) is 0 Å². The van der Waals surface area contributed by atoms with Crippen LogP contribution < -0.4 is 5.32 Å². The Labute approximate surface area is 128 Å². The second kappa shape index (κ2) is 5.33. The van der Waals surface area contributed by atoms with Crippen LogP contribution in [0.15, 0.2) is 35.1 Å². The maximum atomic E-state index is 12.4. The molecule has 6 nitrogen and oxygen atoms in total. The fourth-order valence-corrected chi connectivity index (χ4v) is 2.58. The number of amides is 1. The molecule has 0 radical (unpaired) electrons. The van der Waals surface area contributed by atoms with Gasteiger partial charge in [-0.05, 0) is 47.0 Å². The molecule has 0 bridgehead atoms. The van der Waals surface area contributed by atoms with Gasteiger partial charge in [0.15, 0.2) is 5.69 Å². The Hall–Kier alpha value is -2.15. The molecule has 0 aromatic carbocycles. The number of rotatable bonds is 4. The number of nitrogens with zero attached hydrogens (tertiary/aromatic N) is 2. The van der Waals surface area contributed by atoms with E-state index < -0.39 is 5.97 Å². The molecule has 0 atom stereocenters. The molecule has 2 aromatic rings. The lowest BCUT2D eigenvalue weighted by Crippen LogP contribution is -2.18. The molecule has 2 heterocycles. The van der Waals surface area contributed by atoms with Gasteiger partial charge in [0, 0.05) is 22.9 Å². The minimum atomic E-state index is -1.18. The van der Waals surface area contributed by atoms with Gasteiger partial charge in [-0.25, -0.2) is 9.78 Å². The van der Waals surface area contributed by atoms with E-state index in [4.69, 9.17) is 5.11 Å². The van der Waals surface area contributed by atoms with Crippen molar-refractivity contribution in [3.63, 3.8) is 0 Å². The highest BCUT2D eigenvalue weighted by Crippen LogP contribution is 2.37. The van der Waals surface area contributed by atoms with Crippen molar-refractivity contribution < 1.29 is 14.7 Å². The summed E-state index contributed by atoms with van der Waals surface area (Å²) in [6, 6.07) is 5.18. The van der Waals surface area contributed by atoms with Gasteiger partial charge in [-0.2, -0.15) is 0 Å². The van der Waals surface area contributed by atoms with Gasteiger partial charge in [-0.15, -0.1) is 0 Å². The van der Waals surface area contributed by atoms with Crippen molar-refractivity contribution in [1.29, 1.82) is 0 Å².